The molecule has 0 radical (unpaired) electrons. The Morgan fingerprint density at radius 1 is 1.47 bits per heavy atom. The number of ether oxygens (including phenoxy) is 1. The van der Waals surface area contributed by atoms with Gasteiger partial charge in [-0.15, -0.1) is 11.6 Å². The summed E-state index contributed by atoms with van der Waals surface area (Å²) in [5.41, 5.74) is 5.25. The molecule has 7 nitrogen and oxygen atoms in total. The van der Waals surface area contributed by atoms with Gasteiger partial charge in [-0.25, -0.2) is 0 Å². The summed E-state index contributed by atoms with van der Waals surface area (Å²) in [7, 11) is -0.564. The monoisotopic (exact) mass is 292 g/mol. The topological polar surface area (TPSA) is 116 Å². The number of nitrogens with zero attached hydrogens (tertiary/aromatic N) is 1. The zero-order chi connectivity index (χ0) is 13.9. The summed E-state index contributed by atoms with van der Waals surface area (Å²) in [6.45, 7) is 2.79. The lowest BCUT2D eigenvalue weighted by Crippen LogP contribution is -2.16. The number of hydrogen-bond acceptors (Lipinski definition) is 5. The van der Waals surface area contributed by atoms with Gasteiger partial charge >= 0.3 is 10.4 Å². The molecule has 1 aliphatic heterocycles. The van der Waals surface area contributed by atoms with Crippen LogP contribution in [0.15, 0.2) is 0 Å². The number of epoxide rings is 1. The van der Waals surface area contributed by atoms with Gasteiger partial charge in [0.2, 0.25) is 0 Å². The van der Waals surface area contributed by atoms with Gasteiger partial charge in [0.25, 0.3) is 0 Å². The maximum atomic E-state index is 8.74. The zero-order valence-corrected chi connectivity index (χ0v) is 11.6. The van der Waals surface area contributed by atoms with E-state index in [-0.39, 0.29) is 0 Å². The van der Waals surface area contributed by atoms with Gasteiger partial charge in [-0.1, -0.05) is 0 Å². The molecule has 0 bridgehead atoms. The summed E-state index contributed by atoms with van der Waals surface area (Å²) in [4.78, 5) is 2.13. The van der Waals surface area contributed by atoms with Gasteiger partial charge in [0.1, 0.15) is 0 Å². The first-order chi connectivity index (χ1) is 7.70. The molecule has 1 atom stereocenters. The van der Waals surface area contributed by atoms with Crippen LogP contribution in [0.5, 0.6) is 0 Å². The van der Waals surface area contributed by atoms with Gasteiger partial charge in [-0.2, -0.15) is 8.42 Å². The normalized spacial score (nSPS) is 17.7. The maximum Gasteiger partial charge on any atom is 0.394 e. The third-order valence-corrected chi connectivity index (χ3v) is 1.73. The van der Waals surface area contributed by atoms with Gasteiger partial charge in [0, 0.05) is 0 Å². The molecule has 0 aromatic heterocycles. The van der Waals surface area contributed by atoms with E-state index < -0.39 is 10.4 Å². The highest BCUT2D eigenvalue weighted by Crippen LogP contribution is 2.08. The molecule has 4 N–H and O–H groups in total. The fourth-order valence-electron chi connectivity index (χ4n) is 0.565. The van der Waals surface area contributed by atoms with Crippen LogP contribution in [0.4, 0.5) is 0 Å². The van der Waals surface area contributed by atoms with Crippen molar-refractivity contribution in [1.29, 1.82) is 0 Å². The summed E-state index contributed by atoms with van der Waals surface area (Å²) in [5.74, 6) is 0.667. The number of rotatable bonds is 4. The average molecular weight is 293 g/mol. The standard InChI is InChI=1S/C5H14N2.C3H5ClO.H2O4S/c1-7(2)5-3-4-6;4-1-3-2-5-3;1-5(2,3)4/h3-6H2,1-2H3;3H,1-2H2;(H2,1,2,3,4). The van der Waals surface area contributed by atoms with Crippen molar-refractivity contribution in [3.05, 3.63) is 0 Å². The van der Waals surface area contributed by atoms with E-state index in [1.54, 1.807) is 0 Å². The van der Waals surface area contributed by atoms with Crippen molar-refractivity contribution in [2.24, 2.45) is 5.73 Å². The van der Waals surface area contributed by atoms with E-state index in [1.807, 2.05) is 0 Å². The van der Waals surface area contributed by atoms with Gasteiger partial charge in [-0.05, 0) is 33.6 Å². The molecule has 106 valence electrons. The Bertz CT molecular complexity index is 249. The predicted molar refractivity (Wildman–Crippen MR) is 66.9 cm³/mol. The van der Waals surface area contributed by atoms with Crippen LogP contribution < -0.4 is 5.73 Å². The molecule has 1 heterocycles. The summed E-state index contributed by atoms with van der Waals surface area (Å²) in [6, 6.07) is 0. The Morgan fingerprint density at radius 2 is 1.88 bits per heavy atom. The zero-order valence-electron chi connectivity index (χ0n) is 10.0. The molecule has 17 heavy (non-hydrogen) atoms. The smallest absolute Gasteiger partial charge is 0.372 e. The van der Waals surface area contributed by atoms with Crippen molar-refractivity contribution in [2.45, 2.75) is 12.5 Å². The summed E-state index contributed by atoms with van der Waals surface area (Å²) >= 11 is 5.27. The highest BCUT2D eigenvalue weighted by Gasteiger charge is 2.19. The van der Waals surface area contributed by atoms with E-state index >= 15 is 0 Å². The van der Waals surface area contributed by atoms with Crippen molar-refractivity contribution in [2.75, 3.05) is 39.7 Å². The van der Waals surface area contributed by atoms with Crippen molar-refractivity contribution < 1.29 is 22.3 Å². The van der Waals surface area contributed by atoms with Crippen LogP contribution in [0.25, 0.3) is 0 Å². The summed E-state index contributed by atoms with van der Waals surface area (Å²) < 4.78 is 36.3. The average Bonchev–Trinajstić information content (AvgIpc) is 2.95. The quantitative estimate of drug-likeness (QED) is 0.375. The van der Waals surface area contributed by atoms with Gasteiger partial charge in [0.15, 0.2) is 0 Å². The van der Waals surface area contributed by atoms with Gasteiger partial charge in [0.05, 0.1) is 18.6 Å². The van der Waals surface area contributed by atoms with E-state index in [4.69, 9.17) is 39.6 Å². The molecule has 0 aliphatic carbocycles. The molecule has 9 heteroatoms. The van der Waals surface area contributed by atoms with Gasteiger partial charge in [-0.3, -0.25) is 9.11 Å². The van der Waals surface area contributed by atoms with E-state index in [0.29, 0.717) is 12.0 Å². The fraction of sp³-hybridized carbons (Fsp3) is 1.00. The lowest BCUT2D eigenvalue weighted by Gasteiger charge is -2.05. The minimum absolute atomic E-state index is 0.400. The Balaban J connectivity index is 0. The Labute approximate surface area is 107 Å². The third kappa shape index (κ3) is 38.7. The second kappa shape index (κ2) is 11.1. The van der Waals surface area contributed by atoms with Crippen LogP contribution in [0.2, 0.25) is 0 Å². The molecule has 0 aromatic rings. The Morgan fingerprint density at radius 3 is 1.94 bits per heavy atom. The van der Waals surface area contributed by atoms with Crippen molar-refractivity contribution >= 4 is 22.0 Å². The number of halogens is 1. The molecule has 1 fully saturated rings. The first kappa shape index (κ1) is 19.4. The molecular formula is C8H21ClN2O5S. The summed E-state index contributed by atoms with van der Waals surface area (Å²) in [6.07, 6.45) is 1.50. The molecule has 0 saturated carbocycles. The Kier molecular flexibility index (Phi) is 12.7. The number of alkyl halides is 1. The molecular weight excluding hydrogens is 272 g/mol. The predicted octanol–water partition coefficient (Wildman–Crippen LogP) is -0.132. The van der Waals surface area contributed by atoms with E-state index in [0.717, 1.165) is 26.1 Å². The minimum Gasteiger partial charge on any atom is -0.372 e. The molecule has 0 spiro atoms. The van der Waals surface area contributed by atoms with Crippen LogP contribution in [0.1, 0.15) is 6.42 Å². The number of hydrogen-bond donors (Lipinski definition) is 3. The second-order valence-electron chi connectivity index (χ2n) is 3.50. The first-order valence-corrected chi connectivity index (χ1v) is 6.86. The van der Waals surface area contributed by atoms with Crippen LogP contribution in [-0.2, 0) is 15.1 Å². The van der Waals surface area contributed by atoms with Crippen molar-refractivity contribution in [1.82, 2.24) is 4.90 Å². The Hall–Kier alpha value is 0.0400. The molecule has 1 saturated heterocycles. The van der Waals surface area contributed by atoms with E-state index in [1.165, 1.54) is 0 Å². The van der Waals surface area contributed by atoms with Crippen molar-refractivity contribution in [3.8, 4) is 0 Å². The SMILES string of the molecule is CN(C)CCCN.ClCC1CO1.O=S(=O)(O)O. The highest BCUT2D eigenvalue weighted by molar-refractivity contribution is 7.79. The molecule has 1 rings (SSSR count). The number of nitrogens with two attached hydrogens (primary N) is 1. The van der Waals surface area contributed by atoms with E-state index in [9.17, 15) is 0 Å². The molecule has 1 aliphatic rings. The first-order valence-electron chi connectivity index (χ1n) is 4.93. The lowest BCUT2D eigenvalue weighted by atomic mass is 10.4. The van der Waals surface area contributed by atoms with Crippen LogP contribution in [0.3, 0.4) is 0 Å². The molecule has 0 aromatic carbocycles. The van der Waals surface area contributed by atoms with Crippen LogP contribution in [-0.4, -0.2) is 68.2 Å². The fourth-order valence-corrected chi connectivity index (χ4v) is 0.743. The van der Waals surface area contributed by atoms with E-state index in [2.05, 4.69) is 19.0 Å². The second-order valence-corrected chi connectivity index (χ2v) is 4.71. The molecule has 1 unspecified atom stereocenters. The summed E-state index contributed by atoms with van der Waals surface area (Å²) in [5, 5.41) is 0. The molecule has 0 amide bonds. The third-order valence-electron chi connectivity index (χ3n) is 1.38. The van der Waals surface area contributed by atoms with Crippen LogP contribution >= 0.6 is 11.6 Å². The maximum absolute atomic E-state index is 8.74. The van der Waals surface area contributed by atoms with Gasteiger partial charge < -0.3 is 15.4 Å². The van der Waals surface area contributed by atoms with Crippen LogP contribution in [0, 0.1) is 0 Å². The lowest BCUT2D eigenvalue weighted by molar-refractivity contribution is 0.381. The highest BCUT2D eigenvalue weighted by atomic mass is 35.5. The minimum atomic E-state index is -4.67. The largest absolute Gasteiger partial charge is 0.394 e. The van der Waals surface area contributed by atoms with Crippen molar-refractivity contribution in [3.63, 3.8) is 0 Å².